The van der Waals surface area contributed by atoms with Gasteiger partial charge >= 0.3 is 0 Å². The summed E-state index contributed by atoms with van der Waals surface area (Å²) < 4.78 is 0. The van der Waals surface area contributed by atoms with Crippen molar-refractivity contribution in [3.8, 4) is 0 Å². The van der Waals surface area contributed by atoms with E-state index < -0.39 is 0 Å². The van der Waals surface area contributed by atoms with Crippen LogP contribution >= 0.6 is 11.6 Å². The van der Waals surface area contributed by atoms with Crippen LogP contribution in [0.2, 0.25) is 5.02 Å². The molecule has 4 aromatic rings. The second kappa shape index (κ2) is 9.27. The maximum absolute atomic E-state index is 6.16. The predicted molar refractivity (Wildman–Crippen MR) is 130 cm³/mol. The number of aromatic amines is 1. The highest BCUT2D eigenvalue weighted by molar-refractivity contribution is 6.30. The van der Waals surface area contributed by atoms with Crippen LogP contribution in [0.5, 0.6) is 0 Å². The summed E-state index contributed by atoms with van der Waals surface area (Å²) >= 11 is 6.16. The summed E-state index contributed by atoms with van der Waals surface area (Å²) in [7, 11) is 0. The third-order valence-electron chi connectivity index (χ3n) is 6.45. The van der Waals surface area contributed by atoms with E-state index in [0.717, 1.165) is 44.2 Å². The molecule has 0 amide bonds. The standard InChI is InChI=1S/C27H28ClN3/c28-24-12-10-22(11-13-24)27(21-6-2-1-3-7-21)31-18-16-30(17-19-31)15-14-23-20-29-26-9-5-4-8-25(23)26/h1-13,20,27,29H,14-19H2. The summed E-state index contributed by atoms with van der Waals surface area (Å²) in [6.07, 6.45) is 3.26. The molecule has 1 unspecified atom stereocenters. The van der Waals surface area contributed by atoms with E-state index in [0.29, 0.717) is 0 Å². The Kier molecular flexibility index (Phi) is 6.08. The van der Waals surface area contributed by atoms with Crippen LogP contribution in [-0.2, 0) is 6.42 Å². The summed E-state index contributed by atoms with van der Waals surface area (Å²) in [5, 5.41) is 2.14. The van der Waals surface area contributed by atoms with Crippen molar-refractivity contribution in [2.75, 3.05) is 32.7 Å². The number of hydrogen-bond donors (Lipinski definition) is 1. The number of benzene rings is 3. The van der Waals surface area contributed by atoms with Gasteiger partial charge in [-0.05, 0) is 41.3 Å². The van der Waals surface area contributed by atoms with Crippen LogP contribution in [0.4, 0.5) is 0 Å². The lowest BCUT2D eigenvalue weighted by Crippen LogP contribution is -2.48. The fourth-order valence-corrected chi connectivity index (χ4v) is 4.88. The predicted octanol–water partition coefficient (Wildman–Crippen LogP) is 5.77. The fraction of sp³-hybridized carbons (Fsp3) is 0.259. The van der Waals surface area contributed by atoms with Gasteiger partial charge in [0, 0.05) is 54.8 Å². The van der Waals surface area contributed by atoms with Gasteiger partial charge in [0.25, 0.3) is 0 Å². The number of rotatable bonds is 6. The summed E-state index contributed by atoms with van der Waals surface area (Å²) in [5.74, 6) is 0. The van der Waals surface area contributed by atoms with Gasteiger partial charge in [-0.3, -0.25) is 4.90 Å². The molecule has 1 atom stereocenters. The lowest BCUT2D eigenvalue weighted by atomic mass is 9.96. The molecule has 0 radical (unpaired) electrons. The van der Waals surface area contributed by atoms with Crippen LogP contribution in [0.15, 0.2) is 85.1 Å². The van der Waals surface area contributed by atoms with Gasteiger partial charge in [-0.1, -0.05) is 72.3 Å². The molecule has 4 heteroatoms. The lowest BCUT2D eigenvalue weighted by Gasteiger charge is -2.40. The monoisotopic (exact) mass is 429 g/mol. The first-order valence-corrected chi connectivity index (χ1v) is 11.5. The van der Waals surface area contributed by atoms with E-state index in [4.69, 9.17) is 11.6 Å². The molecule has 3 aromatic carbocycles. The van der Waals surface area contributed by atoms with Gasteiger partial charge in [0.05, 0.1) is 6.04 Å². The third-order valence-corrected chi connectivity index (χ3v) is 6.70. The Hall–Kier alpha value is -2.59. The summed E-state index contributed by atoms with van der Waals surface area (Å²) in [6, 6.07) is 28.0. The van der Waals surface area contributed by atoms with Gasteiger partial charge in [-0.25, -0.2) is 0 Å². The number of nitrogens with zero attached hydrogens (tertiary/aromatic N) is 2. The number of para-hydroxylation sites is 1. The molecule has 2 heterocycles. The number of halogens is 1. The quantitative estimate of drug-likeness (QED) is 0.420. The highest BCUT2D eigenvalue weighted by Gasteiger charge is 2.26. The molecule has 0 bridgehead atoms. The highest BCUT2D eigenvalue weighted by Crippen LogP contribution is 2.30. The molecule has 1 fully saturated rings. The molecule has 31 heavy (non-hydrogen) atoms. The van der Waals surface area contributed by atoms with Crippen molar-refractivity contribution >= 4 is 22.5 Å². The third kappa shape index (κ3) is 4.54. The zero-order valence-electron chi connectivity index (χ0n) is 17.7. The van der Waals surface area contributed by atoms with Crippen LogP contribution in [-0.4, -0.2) is 47.5 Å². The minimum Gasteiger partial charge on any atom is -0.361 e. The minimum absolute atomic E-state index is 0.272. The molecule has 3 nitrogen and oxygen atoms in total. The first kappa shape index (κ1) is 20.3. The van der Waals surface area contributed by atoms with E-state index in [1.54, 1.807) is 0 Å². The normalized spacial score (nSPS) is 16.5. The van der Waals surface area contributed by atoms with E-state index in [-0.39, 0.29) is 6.04 Å². The number of piperazine rings is 1. The average Bonchev–Trinajstić information content (AvgIpc) is 3.24. The van der Waals surface area contributed by atoms with Gasteiger partial charge in [-0.15, -0.1) is 0 Å². The summed E-state index contributed by atoms with van der Waals surface area (Å²) in [4.78, 5) is 8.61. The first-order valence-electron chi connectivity index (χ1n) is 11.1. The van der Waals surface area contributed by atoms with Crippen LogP contribution in [0.1, 0.15) is 22.7 Å². The zero-order valence-corrected chi connectivity index (χ0v) is 18.4. The Morgan fingerprint density at radius 2 is 1.45 bits per heavy atom. The number of nitrogens with one attached hydrogen (secondary N) is 1. The van der Waals surface area contributed by atoms with E-state index in [1.165, 1.54) is 27.6 Å². The van der Waals surface area contributed by atoms with Crippen molar-refractivity contribution in [2.24, 2.45) is 0 Å². The van der Waals surface area contributed by atoms with Gasteiger partial charge in [0.2, 0.25) is 0 Å². The second-order valence-corrected chi connectivity index (χ2v) is 8.79. The smallest absolute Gasteiger partial charge is 0.0602 e. The molecule has 5 rings (SSSR count). The number of aromatic nitrogens is 1. The topological polar surface area (TPSA) is 22.3 Å². The molecule has 1 N–H and O–H groups in total. The number of fused-ring (bicyclic) bond motifs is 1. The van der Waals surface area contributed by atoms with Crippen LogP contribution < -0.4 is 0 Å². The summed E-state index contributed by atoms with van der Waals surface area (Å²) in [6.45, 7) is 5.43. The van der Waals surface area contributed by atoms with Crippen LogP contribution in [0, 0.1) is 0 Å². The Bertz CT molecular complexity index is 1110. The molecular weight excluding hydrogens is 402 g/mol. The zero-order chi connectivity index (χ0) is 21.0. The van der Waals surface area contributed by atoms with E-state index >= 15 is 0 Å². The molecule has 1 aliphatic rings. The fourth-order valence-electron chi connectivity index (χ4n) is 4.76. The Morgan fingerprint density at radius 1 is 0.774 bits per heavy atom. The van der Waals surface area contributed by atoms with E-state index in [9.17, 15) is 0 Å². The second-order valence-electron chi connectivity index (χ2n) is 8.35. The molecule has 1 aliphatic heterocycles. The highest BCUT2D eigenvalue weighted by atomic mass is 35.5. The SMILES string of the molecule is Clc1ccc(C(c2ccccc2)N2CCN(CCc3c[nH]c4ccccc34)CC2)cc1. The molecule has 0 saturated carbocycles. The molecule has 158 valence electrons. The minimum atomic E-state index is 0.272. The number of H-pyrrole nitrogens is 1. The maximum Gasteiger partial charge on any atom is 0.0602 e. The van der Waals surface area contributed by atoms with E-state index in [1.807, 2.05) is 12.1 Å². The number of hydrogen-bond acceptors (Lipinski definition) is 2. The Balaban J connectivity index is 1.26. The van der Waals surface area contributed by atoms with Gasteiger partial charge in [0.15, 0.2) is 0 Å². The average molecular weight is 430 g/mol. The Morgan fingerprint density at radius 3 is 2.23 bits per heavy atom. The van der Waals surface area contributed by atoms with Gasteiger partial charge < -0.3 is 9.88 Å². The molecule has 1 aromatic heterocycles. The lowest BCUT2D eigenvalue weighted by molar-refractivity contribution is 0.110. The van der Waals surface area contributed by atoms with Crippen molar-refractivity contribution in [2.45, 2.75) is 12.5 Å². The van der Waals surface area contributed by atoms with E-state index in [2.05, 4.69) is 87.7 Å². The van der Waals surface area contributed by atoms with Crippen LogP contribution in [0.3, 0.4) is 0 Å². The molecule has 0 aliphatic carbocycles. The summed E-state index contributed by atoms with van der Waals surface area (Å²) in [5.41, 5.74) is 5.30. The molecule has 0 spiro atoms. The van der Waals surface area contributed by atoms with Crippen molar-refractivity contribution < 1.29 is 0 Å². The van der Waals surface area contributed by atoms with Crippen molar-refractivity contribution in [1.29, 1.82) is 0 Å². The largest absolute Gasteiger partial charge is 0.361 e. The van der Waals surface area contributed by atoms with Gasteiger partial charge in [-0.2, -0.15) is 0 Å². The van der Waals surface area contributed by atoms with Crippen molar-refractivity contribution in [3.05, 3.63) is 107 Å². The van der Waals surface area contributed by atoms with Crippen molar-refractivity contribution in [3.63, 3.8) is 0 Å². The van der Waals surface area contributed by atoms with Crippen molar-refractivity contribution in [1.82, 2.24) is 14.8 Å². The van der Waals surface area contributed by atoms with Crippen LogP contribution in [0.25, 0.3) is 10.9 Å². The molecular formula is C27H28ClN3. The molecule has 1 saturated heterocycles. The first-order chi connectivity index (χ1) is 15.3. The maximum atomic E-state index is 6.16. The Labute approximate surface area is 189 Å². The van der Waals surface area contributed by atoms with Gasteiger partial charge in [0.1, 0.15) is 0 Å².